The summed E-state index contributed by atoms with van der Waals surface area (Å²) in [6.45, 7) is 11.0. The van der Waals surface area contributed by atoms with Gasteiger partial charge in [0.25, 0.3) is 0 Å². The highest BCUT2D eigenvalue weighted by atomic mass is 16.6. The van der Waals surface area contributed by atoms with Crippen LogP contribution in [0.3, 0.4) is 0 Å². The summed E-state index contributed by atoms with van der Waals surface area (Å²) in [5, 5.41) is 8.62. The number of aliphatic hydroxyl groups excluding tert-OH is 1. The van der Waals surface area contributed by atoms with Crippen LogP contribution in [-0.2, 0) is 9.47 Å². The van der Waals surface area contributed by atoms with Crippen molar-refractivity contribution in [3.63, 3.8) is 0 Å². The van der Waals surface area contributed by atoms with Crippen LogP contribution < -0.4 is 0 Å². The molecule has 1 amide bonds. The lowest BCUT2D eigenvalue weighted by Crippen LogP contribution is -2.50. The fraction of sp³-hybridized carbons (Fsp3) is 0.786. The molecule has 1 fully saturated rings. The average molecular weight is 269 g/mol. The molecule has 108 valence electrons. The van der Waals surface area contributed by atoms with Gasteiger partial charge in [0.15, 0.2) is 0 Å². The van der Waals surface area contributed by atoms with Gasteiger partial charge in [0.1, 0.15) is 17.4 Å². The van der Waals surface area contributed by atoms with E-state index in [4.69, 9.17) is 14.6 Å². The van der Waals surface area contributed by atoms with Gasteiger partial charge in [0.2, 0.25) is 0 Å². The predicted octanol–water partition coefficient (Wildman–Crippen LogP) is 2.47. The summed E-state index contributed by atoms with van der Waals surface area (Å²) in [4.78, 5) is 13.9. The highest BCUT2D eigenvalue weighted by molar-refractivity contribution is 5.70. The van der Waals surface area contributed by atoms with Crippen LogP contribution in [0.25, 0.3) is 0 Å². The third kappa shape index (κ3) is 3.77. The van der Waals surface area contributed by atoms with E-state index in [1.54, 1.807) is 4.90 Å². The zero-order valence-corrected chi connectivity index (χ0v) is 12.5. The summed E-state index contributed by atoms with van der Waals surface area (Å²) >= 11 is 0. The molecule has 0 saturated carbocycles. The molecule has 0 bridgehead atoms. The minimum Gasteiger partial charge on any atom is -0.462 e. The Balaban J connectivity index is 2.95. The maximum absolute atomic E-state index is 12.3. The molecule has 0 unspecified atom stereocenters. The largest absolute Gasteiger partial charge is 0.462 e. The number of rotatable bonds is 1. The average Bonchev–Trinajstić information content (AvgIpc) is 2.42. The predicted molar refractivity (Wildman–Crippen MR) is 70.8 cm³/mol. The summed E-state index contributed by atoms with van der Waals surface area (Å²) in [6, 6.07) is -0.232. The molecule has 1 N–H and O–H groups in total. The molecular formula is C14H23NO4. The van der Waals surface area contributed by atoms with Crippen LogP contribution in [-0.4, -0.2) is 39.6 Å². The maximum Gasteiger partial charge on any atom is 0.412 e. The van der Waals surface area contributed by atoms with E-state index in [1.165, 1.54) is 0 Å². The first-order valence-corrected chi connectivity index (χ1v) is 6.40. The molecule has 2 atom stereocenters. The Kier molecular flexibility index (Phi) is 4.36. The lowest BCUT2D eigenvalue weighted by atomic mass is 10.1. The number of ether oxygens (including phenoxy) is 2. The van der Waals surface area contributed by atoms with Gasteiger partial charge in [-0.3, -0.25) is 4.90 Å². The molecule has 1 aliphatic rings. The van der Waals surface area contributed by atoms with Gasteiger partial charge < -0.3 is 14.6 Å². The molecule has 0 aromatic carbocycles. The second kappa shape index (κ2) is 5.30. The summed E-state index contributed by atoms with van der Waals surface area (Å²) in [6.07, 6.45) is 1.63. The second-order valence-electron chi connectivity index (χ2n) is 6.18. The minimum absolute atomic E-state index is 0.164. The van der Waals surface area contributed by atoms with Crippen LogP contribution in [0.2, 0.25) is 0 Å². The van der Waals surface area contributed by atoms with Crippen molar-refractivity contribution in [1.82, 2.24) is 4.90 Å². The summed E-state index contributed by atoms with van der Waals surface area (Å²) in [5.74, 6) is 2.58. The molecule has 0 aromatic rings. The van der Waals surface area contributed by atoms with Crippen molar-refractivity contribution in [2.75, 3.05) is 0 Å². The third-order valence-corrected chi connectivity index (χ3v) is 2.91. The highest BCUT2D eigenvalue weighted by Crippen LogP contribution is 2.34. The van der Waals surface area contributed by atoms with Gasteiger partial charge in [-0.2, -0.15) is 0 Å². The molecule has 0 radical (unpaired) electrons. The van der Waals surface area contributed by atoms with Crippen LogP contribution in [0.5, 0.6) is 0 Å². The van der Waals surface area contributed by atoms with Gasteiger partial charge >= 0.3 is 6.09 Å². The fourth-order valence-electron chi connectivity index (χ4n) is 2.27. The van der Waals surface area contributed by atoms with Gasteiger partial charge in [-0.05, 0) is 41.5 Å². The van der Waals surface area contributed by atoms with Crippen molar-refractivity contribution >= 4 is 6.09 Å². The monoisotopic (exact) mass is 269 g/mol. The van der Waals surface area contributed by atoms with Crippen LogP contribution in [0.1, 0.15) is 48.0 Å². The number of amides is 1. The van der Waals surface area contributed by atoms with Gasteiger partial charge in [0, 0.05) is 6.42 Å². The lowest BCUT2D eigenvalue weighted by molar-refractivity contribution is -0.0755. The Morgan fingerprint density at radius 2 is 2.05 bits per heavy atom. The van der Waals surface area contributed by atoms with Crippen molar-refractivity contribution in [2.45, 2.75) is 71.4 Å². The molecule has 1 saturated heterocycles. The van der Waals surface area contributed by atoms with Crippen molar-refractivity contribution in [3.8, 4) is 12.0 Å². The van der Waals surface area contributed by atoms with E-state index in [1.807, 2.05) is 47.6 Å². The minimum atomic E-state index is -0.746. The van der Waals surface area contributed by atoms with Crippen LogP contribution in [0.4, 0.5) is 4.79 Å². The Hall–Kier alpha value is -1.41. The van der Waals surface area contributed by atoms with Crippen LogP contribution >= 0.6 is 0 Å². The number of hydrogen-bond acceptors (Lipinski definition) is 4. The van der Waals surface area contributed by atoms with E-state index in [0.29, 0.717) is 6.42 Å². The van der Waals surface area contributed by atoms with Crippen molar-refractivity contribution in [1.29, 1.82) is 0 Å². The normalized spacial score (nSPS) is 25.7. The second-order valence-corrected chi connectivity index (χ2v) is 6.18. The molecule has 5 heteroatoms. The molecule has 1 aliphatic heterocycles. The van der Waals surface area contributed by atoms with Crippen LogP contribution in [0, 0.1) is 12.0 Å². The van der Waals surface area contributed by atoms with Gasteiger partial charge in [0.05, 0.1) is 12.1 Å². The third-order valence-electron chi connectivity index (χ3n) is 2.91. The molecule has 0 spiro atoms. The van der Waals surface area contributed by atoms with E-state index in [0.717, 1.165) is 0 Å². The molecule has 19 heavy (non-hydrogen) atoms. The Morgan fingerprint density at radius 3 is 2.53 bits per heavy atom. The first-order valence-electron chi connectivity index (χ1n) is 6.40. The summed E-state index contributed by atoms with van der Waals surface area (Å²) in [7, 11) is 0. The van der Waals surface area contributed by atoms with Crippen molar-refractivity contribution in [3.05, 3.63) is 0 Å². The topological polar surface area (TPSA) is 59.0 Å². The SMILES string of the molecule is C[C@H]1OC(C)(C)N(C(=O)OC(C)(C)C)[C@@H]1CC#CO. The maximum atomic E-state index is 12.3. The van der Waals surface area contributed by atoms with E-state index in [2.05, 4.69) is 5.92 Å². The quantitative estimate of drug-likeness (QED) is 0.743. The molecule has 5 nitrogen and oxygen atoms in total. The van der Waals surface area contributed by atoms with Crippen molar-refractivity contribution < 1.29 is 19.4 Å². The van der Waals surface area contributed by atoms with E-state index in [9.17, 15) is 4.79 Å². The highest BCUT2D eigenvalue weighted by Gasteiger charge is 2.49. The smallest absolute Gasteiger partial charge is 0.412 e. The van der Waals surface area contributed by atoms with Gasteiger partial charge in [-0.25, -0.2) is 4.79 Å². The number of carbonyl (C=O) groups excluding carboxylic acids is 1. The molecule has 0 aromatic heterocycles. The number of hydrogen-bond donors (Lipinski definition) is 1. The summed E-state index contributed by atoms with van der Waals surface area (Å²) < 4.78 is 11.2. The van der Waals surface area contributed by atoms with Crippen molar-refractivity contribution in [2.24, 2.45) is 0 Å². The zero-order chi connectivity index (χ0) is 14.8. The van der Waals surface area contributed by atoms with Gasteiger partial charge in [-0.15, -0.1) is 0 Å². The molecule has 1 heterocycles. The molecular weight excluding hydrogens is 246 g/mol. The van der Waals surface area contributed by atoms with E-state index >= 15 is 0 Å². The number of aliphatic hydroxyl groups is 1. The summed E-state index contributed by atoms with van der Waals surface area (Å²) in [5.41, 5.74) is -1.31. The van der Waals surface area contributed by atoms with E-state index in [-0.39, 0.29) is 12.1 Å². The Labute approximate surface area is 114 Å². The Bertz CT molecular complexity index is 400. The fourth-order valence-corrected chi connectivity index (χ4v) is 2.27. The lowest BCUT2D eigenvalue weighted by Gasteiger charge is -2.34. The number of nitrogens with zero attached hydrogens (tertiary/aromatic N) is 1. The Morgan fingerprint density at radius 1 is 1.47 bits per heavy atom. The zero-order valence-electron chi connectivity index (χ0n) is 12.5. The van der Waals surface area contributed by atoms with Crippen LogP contribution in [0.15, 0.2) is 0 Å². The number of carbonyl (C=O) groups is 1. The first-order chi connectivity index (χ1) is 8.58. The molecule has 0 aliphatic carbocycles. The first kappa shape index (κ1) is 15.6. The van der Waals surface area contributed by atoms with E-state index < -0.39 is 17.4 Å². The van der Waals surface area contributed by atoms with Gasteiger partial charge in [-0.1, -0.05) is 5.92 Å². The standard InChI is InChI=1S/C14H23NO4/c1-10-11(8-7-9-16)15(14(5,6)18-10)12(17)19-13(2,3)4/h10-11,16H,8H2,1-6H3/t10-,11-/m1/s1. The molecule has 1 rings (SSSR count).